The number of hydrogen-bond acceptors (Lipinski definition) is 3. The molecule has 0 aromatic heterocycles. The minimum atomic E-state index is 0.315. The molecule has 2 unspecified atom stereocenters. The van der Waals surface area contributed by atoms with E-state index in [0.29, 0.717) is 11.6 Å². The highest BCUT2D eigenvalue weighted by Crippen LogP contribution is 2.37. The standard InChI is InChI=1S/C15H30N2S/c1-13-14(2)18-11-10-17(13)15(12-16)8-6-4-3-5-7-9-15/h13-14H,3-12,16H2,1-2H3. The fourth-order valence-corrected chi connectivity index (χ4v) is 4.87. The molecule has 1 aliphatic carbocycles. The average Bonchev–Trinajstić information content (AvgIpc) is 2.34. The number of hydrogen-bond donors (Lipinski definition) is 1. The molecule has 0 radical (unpaired) electrons. The number of thioether (sulfide) groups is 1. The Balaban J connectivity index is 2.12. The van der Waals surface area contributed by atoms with Gasteiger partial charge in [0.2, 0.25) is 0 Å². The Bertz CT molecular complexity index is 249. The molecule has 2 N–H and O–H groups in total. The lowest BCUT2D eigenvalue weighted by molar-refractivity contribution is 0.0352. The average molecular weight is 270 g/mol. The molecular weight excluding hydrogens is 240 g/mol. The summed E-state index contributed by atoms with van der Waals surface area (Å²) in [6.45, 7) is 6.89. The van der Waals surface area contributed by atoms with Gasteiger partial charge in [0.15, 0.2) is 0 Å². The van der Waals surface area contributed by atoms with Crippen LogP contribution in [0.15, 0.2) is 0 Å². The Morgan fingerprint density at radius 2 is 1.72 bits per heavy atom. The second-order valence-corrected chi connectivity index (χ2v) is 7.69. The number of nitrogens with zero attached hydrogens (tertiary/aromatic N) is 1. The van der Waals surface area contributed by atoms with Gasteiger partial charge in [-0.3, -0.25) is 4.90 Å². The van der Waals surface area contributed by atoms with Gasteiger partial charge < -0.3 is 5.73 Å². The number of rotatable bonds is 2. The third kappa shape index (κ3) is 3.05. The molecule has 18 heavy (non-hydrogen) atoms. The minimum absolute atomic E-state index is 0.315. The van der Waals surface area contributed by atoms with Gasteiger partial charge in [0.25, 0.3) is 0 Å². The Labute approximate surface area is 117 Å². The summed E-state index contributed by atoms with van der Waals surface area (Å²) in [7, 11) is 0. The van der Waals surface area contributed by atoms with Gasteiger partial charge in [-0.05, 0) is 19.8 Å². The molecule has 2 atom stereocenters. The highest BCUT2D eigenvalue weighted by molar-refractivity contribution is 8.00. The second kappa shape index (κ2) is 6.62. The van der Waals surface area contributed by atoms with Gasteiger partial charge in [0.1, 0.15) is 0 Å². The lowest BCUT2D eigenvalue weighted by atomic mass is 9.81. The predicted molar refractivity (Wildman–Crippen MR) is 82.2 cm³/mol. The Morgan fingerprint density at radius 1 is 1.11 bits per heavy atom. The van der Waals surface area contributed by atoms with Crippen molar-refractivity contribution in [1.82, 2.24) is 4.90 Å². The van der Waals surface area contributed by atoms with Gasteiger partial charge in [-0.2, -0.15) is 11.8 Å². The molecule has 3 heteroatoms. The quantitative estimate of drug-likeness (QED) is 0.835. The molecule has 1 saturated carbocycles. The van der Waals surface area contributed by atoms with Crippen LogP contribution in [0.25, 0.3) is 0 Å². The summed E-state index contributed by atoms with van der Waals surface area (Å²) < 4.78 is 0. The van der Waals surface area contributed by atoms with E-state index in [9.17, 15) is 0 Å². The van der Waals surface area contributed by atoms with Crippen LogP contribution in [0.4, 0.5) is 0 Å². The zero-order valence-corrected chi connectivity index (χ0v) is 13.0. The van der Waals surface area contributed by atoms with E-state index in [4.69, 9.17) is 5.73 Å². The summed E-state index contributed by atoms with van der Waals surface area (Å²) in [6, 6.07) is 0.687. The third-order valence-corrected chi connectivity index (χ3v) is 6.50. The van der Waals surface area contributed by atoms with E-state index in [0.717, 1.165) is 11.8 Å². The Kier molecular flexibility index (Phi) is 5.40. The van der Waals surface area contributed by atoms with Crippen molar-refractivity contribution in [1.29, 1.82) is 0 Å². The van der Waals surface area contributed by atoms with Gasteiger partial charge in [-0.15, -0.1) is 0 Å². The zero-order chi connectivity index (χ0) is 13.0. The second-order valence-electron chi connectivity index (χ2n) is 6.21. The number of nitrogens with two attached hydrogens (primary N) is 1. The van der Waals surface area contributed by atoms with Gasteiger partial charge >= 0.3 is 0 Å². The van der Waals surface area contributed by atoms with Crippen LogP contribution in [0.5, 0.6) is 0 Å². The van der Waals surface area contributed by atoms with Crippen LogP contribution in [0, 0.1) is 0 Å². The van der Waals surface area contributed by atoms with Crippen molar-refractivity contribution in [2.75, 3.05) is 18.8 Å². The van der Waals surface area contributed by atoms with E-state index in [1.807, 2.05) is 0 Å². The first-order valence-electron chi connectivity index (χ1n) is 7.78. The van der Waals surface area contributed by atoms with Crippen LogP contribution in [0.3, 0.4) is 0 Å². The highest BCUT2D eigenvalue weighted by atomic mass is 32.2. The maximum atomic E-state index is 6.25. The van der Waals surface area contributed by atoms with Crippen molar-refractivity contribution in [3.8, 4) is 0 Å². The van der Waals surface area contributed by atoms with E-state index in [-0.39, 0.29) is 0 Å². The smallest absolute Gasteiger partial charge is 0.0335 e. The van der Waals surface area contributed by atoms with E-state index in [1.54, 1.807) is 0 Å². The first kappa shape index (κ1) is 14.7. The molecule has 2 fully saturated rings. The molecule has 2 nitrogen and oxygen atoms in total. The molecule has 2 aliphatic rings. The maximum Gasteiger partial charge on any atom is 0.0335 e. The Hall–Kier alpha value is 0.270. The third-order valence-electron chi connectivity index (χ3n) is 5.16. The van der Waals surface area contributed by atoms with E-state index in [1.165, 1.54) is 57.2 Å². The van der Waals surface area contributed by atoms with Crippen molar-refractivity contribution in [2.24, 2.45) is 5.73 Å². The molecule has 2 rings (SSSR count). The van der Waals surface area contributed by atoms with E-state index in [2.05, 4.69) is 30.5 Å². The topological polar surface area (TPSA) is 29.3 Å². The van der Waals surface area contributed by atoms with Crippen LogP contribution < -0.4 is 5.73 Å². The van der Waals surface area contributed by atoms with Crippen molar-refractivity contribution in [2.45, 2.75) is 75.6 Å². The van der Waals surface area contributed by atoms with Crippen molar-refractivity contribution in [3.63, 3.8) is 0 Å². The van der Waals surface area contributed by atoms with Crippen LogP contribution in [0.2, 0.25) is 0 Å². The molecular formula is C15H30N2S. The zero-order valence-electron chi connectivity index (χ0n) is 12.2. The SMILES string of the molecule is CC1SCCN(C2(CN)CCCCCCC2)C1C. The molecule has 0 bridgehead atoms. The molecule has 1 aliphatic heterocycles. The first-order valence-corrected chi connectivity index (χ1v) is 8.83. The van der Waals surface area contributed by atoms with Gasteiger partial charge in [0.05, 0.1) is 0 Å². The van der Waals surface area contributed by atoms with Gasteiger partial charge in [-0.1, -0.05) is 39.0 Å². The monoisotopic (exact) mass is 270 g/mol. The minimum Gasteiger partial charge on any atom is -0.329 e. The molecule has 106 valence electrons. The first-order chi connectivity index (χ1) is 8.69. The van der Waals surface area contributed by atoms with Crippen LogP contribution in [-0.2, 0) is 0 Å². The highest BCUT2D eigenvalue weighted by Gasteiger charge is 2.40. The summed E-state index contributed by atoms with van der Waals surface area (Å²) in [4.78, 5) is 2.78. The normalized spacial score (nSPS) is 34.8. The fraction of sp³-hybridized carbons (Fsp3) is 1.00. The molecule has 0 aromatic carbocycles. The van der Waals surface area contributed by atoms with Gasteiger partial charge in [0, 0.05) is 35.7 Å². The molecule has 1 saturated heterocycles. The summed E-state index contributed by atoms with van der Waals surface area (Å²) in [5, 5.41) is 0.757. The van der Waals surface area contributed by atoms with Crippen molar-refractivity contribution in [3.05, 3.63) is 0 Å². The summed E-state index contributed by atoms with van der Waals surface area (Å²) in [6.07, 6.45) is 9.66. The van der Waals surface area contributed by atoms with E-state index < -0.39 is 0 Å². The van der Waals surface area contributed by atoms with Gasteiger partial charge in [-0.25, -0.2) is 0 Å². The molecule has 0 spiro atoms. The molecule has 1 heterocycles. The van der Waals surface area contributed by atoms with Crippen molar-refractivity contribution < 1.29 is 0 Å². The Morgan fingerprint density at radius 3 is 2.33 bits per heavy atom. The summed E-state index contributed by atoms with van der Waals surface area (Å²) in [5.74, 6) is 1.28. The van der Waals surface area contributed by atoms with Crippen molar-refractivity contribution >= 4 is 11.8 Å². The summed E-state index contributed by atoms with van der Waals surface area (Å²) in [5.41, 5.74) is 6.56. The molecule has 0 amide bonds. The summed E-state index contributed by atoms with van der Waals surface area (Å²) >= 11 is 2.13. The molecule has 0 aromatic rings. The predicted octanol–water partition coefficient (Wildman–Crippen LogP) is 3.25. The van der Waals surface area contributed by atoms with Crippen LogP contribution in [0.1, 0.15) is 58.8 Å². The van der Waals surface area contributed by atoms with E-state index >= 15 is 0 Å². The lowest BCUT2D eigenvalue weighted by Crippen LogP contribution is -2.61. The largest absolute Gasteiger partial charge is 0.329 e. The maximum absolute atomic E-state index is 6.25. The lowest BCUT2D eigenvalue weighted by Gasteiger charge is -2.51. The van der Waals surface area contributed by atoms with Crippen LogP contribution >= 0.6 is 11.8 Å². The fourth-order valence-electron chi connectivity index (χ4n) is 3.77. The van der Waals surface area contributed by atoms with Crippen LogP contribution in [-0.4, -0.2) is 40.6 Å².